The second kappa shape index (κ2) is 5.82. The first-order chi connectivity index (χ1) is 9.36. The molecule has 0 spiro atoms. The van der Waals surface area contributed by atoms with Crippen LogP contribution in [0.2, 0.25) is 0 Å². The Hall–Kier alpha value is -0.940. The van der Waals surface area contributed by atoms with E-state index in [1.807, 2.05) is 4.68 Å². The monoisotopic (exact) mass is 281 g/mol. The molecule has 2 atom stereocenters. The summed E-state index contributed by atoms with van der Waals surface area (Å²) in [4.78, 5) is 4.33. The van der Waals surface area contributed by atoms with E-state index < -0.39 is 5.60 Å². The number of hydrogen-bond donors (Lipinski definition) is 1. The SMILES string of the molecule is CCC1(C)CC(O)(Cc2ncnn2CC(C)C)CCO1. The highest BCUT2D eigenvalue weighted by atomic mass is 16.5. The van der Waals surface area contributed by atoms with Crippen LogP contribution in [-0.2, 0) is 17.7 Å². The Kier molecular flexibility index (Phi) is 4.49. The van der Waals surface area contributed by atoms with Gasteiger partial charge in [0, 0.05) is 25.8 Å². The molecule has 2 heterocycles. The van der Waals surface area contributed by atoms with Gasteiger partial charge in [-0.3, -0.25) is 0 Å². The minimum absolute atomic E-state index is 0.226. The van der Waals surface area contributed by atoms with Crippen LogP contribution in [0.15, 0.2) is 6.33 Å². The number of aliphatic hydroxyl groups is 1. The molecule has 1 saturated heterocycles. The van der Waals surface area contributed by atoms with Crippen molar-refractivity contribution in [1.29, 1.82) is 0 Å². The maximum atomic E-state index is 10.9. The van der Waals surface area contributed by atoms with Gasteiger partial charge in [0.25, 0.3) is 0 Å². The van der Waals surface area contributed by atoms with Crippen LogP contribution < -0.4 is 0 Å². The van der Waals surface area contributed by atoms with Gasteiger partial charge >= 0.3 is 0 Å². The molecule has 0 bridgehead atoms. The maximum absolute atomic E-state index is 10.9. The minimum atomic E-state index is -0.731. The van der Waals surface area contributed by atoms with Crippen molar-refractivity contribution in [2.45, 2.75) is 71.1 Å². The molecule has 114 valence electrons. The van der Waals surface area contributed by atoms with E-state index in [0.717, 1.165) is 18.8 Å². The Bertz CT molecular complexity index is 446. The van der Waals surface area contributed by atoms with Crippen molar-refractivity contribution in [2.24, 2.45) is 5.92 Å². The lowest BCUT2D eigenvalue weighted by molar-refractivity contribution is -0.153. The van der Waals surface area contributed by atoms with Crippen LogP contribution in [0.3, 0.4) is 0 Å². The van der Waals surface area contributed by atoms with Gasteiger partial charge in [-0.2, -0.15) is 5.10 Å². The molecule has 0 saturated carbocycles. The number of nitrogens with zero attached hydrogens (tertiary/aromatic N) is 3. The fraction of sp³-hybridized carbons (Fsp3) is 0.867. The van der Waals surface area contributed by atoms with Crippen molar-refractivity contribution in [3.05, 3.63) is 12.2 Å². The second-order valence-electron chi connectivity index (χ2n) is 6.73. The fourth-order valence-corrected chi connectivity index (χ4v) is 2.92. The molecule has 1 aromatic rings. The Morgan fingerprint density at radius 3 is 2.90 bits per heavy atom. The van der Waals surface area contributed by atoms with Crippen LogP contribution in [0.25, 0.3) is 0 Å². The molecule has 20 heavy (non-hydrogen) atoms. The molecule has 2 rings (SSSR count). The zero-order valence-corrected chi connectivity index (χ0v) is 13.1. The lowest BCUT2D eigenvalue weighted by Gasteiger charge is -2.43. The Morgan fingerprint density at radius 1 is 1.50 bits per heavy atom. The highest BCUT2D eigenvalue weighted by Crippen LogP contribution is 2.36. The molecule has 5 heteroatoms. The van der Waals surface area contributed by atoms with E-state index in [-0.39, 0.29) is 5.60 Å². The average molecular weight is 281 g/mol. The standard InChI is InChI=1S/C15H27N3O2/c1-5-14(4)10-15(19,6-7-20-14)8-13-16-11-17-18(13)9-12(2)3/h11-12,19H,5-10H2,1-4H3. The summed E-state index contributed by atoms with van der Waals surface area (Å²) in [6.07, 6.45) is 4.37. The van der Waals surface area contributed by atoms with Gasteiger partial charge in [0.15, 0.2) is 0 Å². The fourth-order valence-electron chi connectivity index (χ4n) is 2.92. The van der Waals surface area contributed by atoms with E-state index in [1.165, 1.54) is 0 Å². The van der Waals surface area contributed by atoms with E-state index in [0.29, 0.717) is 31.8 Å². The first-order valence-corrected chi connectivity index (χ1v) is 7.59. The summed E-state index contributed by atoms with van der Waals surface area (Å²) < 4.78 is 7.74. The van der Waals surface area contributed by atoms with Gasteiger partial charge in [-0.25, -0.2) is 9.67 Å². The van der Waals surface area contributed by atoms with Crippen molar-refractivity contribution in [3.8, 4) is 0 Å². The maximum Gasteiger partial charge on any atom is 0.138 e. The quantitative estimate of drug-likeness (QED) is 0.898. The van der Waals surface area contributed by atoms with E-state index in [1.54, 1.807) is 6.33 Å². The molecular weight excluding hydrogens is 254 g/mol. The summed E-state index contributed by atoms with van der Waals surface area (Å²) in [6.45, 7) is 9.95. The van der Waals surface area contributed by atoms with Gasteiger partial charge in [-0.15, -0.1) is 0 Å². The number of ether oxygens (including phenoxy) is 1. The van der Waals surface area contributed by atoms with E-state index in [9.17, 15) is 5.11 Å². The van der Waals surface area contributed by atoms with Crippen LogP contribution >= 0.6 is 0 Å². The van der Waals surface area contributed by atoms with Crippen LogP contribution in [0.1, 0.15) is 52.8 Å². The van der Waals surface area contributed by atoms with E-state index in [2.05, 4.69) is 37.8 Å². The summed E-state index contributed by atoms with van der Waals surface area (Å²) in [6, 6.07) is 0. The predicted molar refractivity (Wildman–Crippen MR) is 77.4 cm³/mol. The Morgan fingerprint density at radius 2 is 2.25 bits per heavy atom. The molecule has 1 aliphatic rings. The Labute approximate surface area is 121 Å². The number of rotatable bonds is 5. The molecule has 0 amide bonds. The molecule has 1 fully saturated rings. The van der Waals surface area contributed by atoms with Gasteiger partial charge in [0.05, 0.1) is 17.8 Å². The van der Waals surface area contributed by atoms with Gasteiger partial charge in [-0.1, -0.05) is 20.8 Å². The summed E-state index contributed by atoms with van der Waals surface area (Å²) in [5, 5.41) is 15.2. The third-order valence-electron chi connectivity index (χ3n) is 4.19. The second-order valence-corrected chi connectivity index (χ2v) is 6.73. The smallest absolute Gasteiger partial charge is 0.138 e. The molecule has 2 unspecified atom stereocenters. The summed E-state index contributed by atoms with van der Waals surface area (Å²) in [5.41, 5.74) is -0.958. The van der Waals surface area contributed by atoms with Gasteiger partial charge in [0.2, 0.25) is 0 Å². The molecule has 1 aliphatic heterocycles. The van der Waals surface area contributed by atoms with E-state index in [4.69, 9.17) is 4.74 Å². The van der Waals surface area contributed by atoms with Crippen molar-refractivity contribution in [3.63, 3.8) is 0 Å². The third kappa shape index (κ3) is 3.58. The lowest BCUT2D eigenvalue weighted by Crippen LogP contribution is -2.48. The summed E-state index contributed by atoms with van der Waals surface area (Å²) >= 11 is 0. The summed E-state index contributed by atoms with van der Waals surface area (Å²) in [7, 11) is 0. The van der Waals surface area contributed by atoms with Crippen LogP contribution in [0.4, 0.5) is 0 Å². The van der Waals surface area contributed by atoms with Gasteiger partial charge < -0.3 is 9.84 Å². The number of hydrogen-bond acceptors (Lipinski definition) is 4. The van der Waals surface area contributed by atoms with Crippen molar-refractivity contribution < 1.29 is 9.84 Å². The van der Waals surface area contributed by atoms with Crippen molar-refractivity contribution in [2.75, 3.05) is 6.61 Å². The number of aromatic nitrogens is 3. The molecule has 1 aromatic heterocycles. The zero-order chi connectivity index (χ0) is 14.8. The average Bonchev–Trinajstić information content (AvgIpc) is 2.75. The molecule has 5 nitrogen and oxygen atoms in total. The first kappa shape index (κ1) is 15.4. The molecule has 1 N–H and O–H groups in total. The van der Waals surface area contributed by atoms with E-state index >= 15 is 0 Å². The summed E-state index contributed by atoms with van der Waals surface area (Å²) in [5.74, 6) is 1.39. The largest absolute Gasteiger partial charge is 0.389 e. The predicted octanol–water partition coefficient (Wildman–Crippen LogP) is 2.19. The molecule has 0 aliphatic carbocycles. The van der Waals surface area contributed by atoms with Crippen LogP contribution in [0.5, 0.6) is 0 Å². The Balaban J connectivity index is 2.10. The lowest BCUT2D eigenvalue weighted by atomic mass is 9.80. The highest BCUT2D eigenvalue weighted by molar-refractivity contribution is 5.00. The molecule has 0 aromatic carbocycles. The van der Waals surface area contributed by atoms with Crippen LogP contribution in [0, 0.1) is 5.92 Å². The third-order valence-corrected chi connectivity index (χ3v) is 4.19. The van der Waals surface area contributed by atoms with Crippen molar-refractivity contribution >= 4 is 0 Å². The first-order valence-electron chi connectivity index (χ1n) is 7.59. The minimum Gasteiger partial charge on any atom is -0.389 e. The zero-order valence-electron chi connectivity index (χ0n) is 13.1. The molecule has 0 radical (unpaired) electrons. The normalized spacial score (nSPS) is 30.9. The van der Waals surface area contributed by atoms with Crippen molar-refractivity contribution in [1.82, 2.24) is 14.8 Å². The van der Waals surface area contributed by atoms with Gasteiger partial charge in [-0.05, 0) is 19.3 Å². The highest BCUT2D eigenvalue weighted by Gasteiger charge is 2.41. The van der Waals surface area contributed by atoms with Crippen LogP contribution in [-0.4, -0.2) is 37.7 Å². The topological polar surface area (TPSA) is 60.2 Å². The van der Waals surface area contributed by atoms with Gasteiger partial charge in [0.1, 0.15) is 12.2 Å². The molecular formula is C15H27N3O2.